The van der Waals surface area contributed by atoms with Crippen LogP contribution in [0.5, 0.6) is 0 Å². The van der Waals surface area contributed by atoms with E-state index in [9.17, 15) is 9.18 Å². The first-order chi connectivity index (χ1) is 13.6. The SMILES string of the molecule is CN1C[C@@H](c2cccc(F)c2)[C@H]2[C@H]1CCCCCN2C(=O)Cc1cccnc1. The highest BCUT2D eigenvalue weighted by Crippen LogP contribution is 2.38. The molecule has 2 aliphatic heterocycles. The van der Waals surface area contributed by atoms with Crippen LogP contribution < -0.4 is 0 Å². The first-order valence-corrected chi connectivity index (χ1v) is 10.3. The Bertz CT molecular complexity index is 813. The van der Waals surface area contributed by atoms with Gasteiger partial charge >= 0.3 is 0 Å². The van der Waals surface area contributed by atoms with E-state index in [2.05, 4.69) is 21.8 Å². The number of likely N-dealkylation sites (N-methyl/N-ethyl adjacent to an activating group) is 1. The second-order valence-electron chi connectivity index (χ2n) is 8.13. The van der Waals surface area contributed by atoms with Crippen molar-refractivity contribution in [1.29, 1.82) is 0 Å². The number of amides is 1. The zero-order chi connectivity index (χ0) is 19.5. The lowest BCUT2D eigenvalue weighted by molar-refractivity contribution is -0.134. The fourth-order valence-electron chi connectivity index (χ4n) is 4.97. The highest BCUT2D eigenvalue weighted by atomic mass is 19.1. The normalized spacial score (nSPS) is 25.8. The molecule has 2 fully saturated rings. The molecule has 0 aliphatic carbocycles. The molecule has 0 bridgehead atoms. The molecule has 28 heavy (non-hydrogen) atoms. The van der Waals surface area contributed by atoms with Crippen molar-refractivity contribution in [3.63, 3.8) is 0 Å². The summed E-state index contributed by atoms with van der Waals surface area (Å²) in [5.74, 6) is 0.0888. The van der Waals surface area contributed by atoms with Crippen LogP contribution in [0.15, 0.2) is 48.8 Å². The minimum Gasteiger partial charge on any atom is -0.337 e. The summed E-state index contributed by atoms with van der Waals surface area (Å²) < 4.78 is 13.9. The summed E-state index contributed by atoms with van der Waals surface area (Å²) in [4.78, 5) is 21.9. The van der Waals surface area contributed by atoms with E-state index in [0.717, 1.165) is 43.5 Å². The summed E-state index contributed by atoms with van der Waals surface area (Å²) in [6.07, 6.45) is 8.32. The minimum absolute atomic E-state index is 0.0938. The summed E-state index contributed by atoms with van der Waals surface area (Å²) in [5.41, 5.74) is 1.94. The Kier molecular flexibility index (Phi) is 5.72. The van der Waals surface area contributed by atoms with Crippen LogP contribution in [0.1, 0.15) is 42.7 Å². The number of pyridine rings is 1. The number of hydrogen-bond acceptors (Lipinski definition) is 3. The third-order valence-electron chi connectivity index (χ3n) is 6.29. The second-order valence-corrected chi connectivity index (χ2v) is 8.13. The van der Waals surface area contributed by atoms with Crippen molar-refractivity contribution in [3.8, 4) is 0 Å². The zero-order valence-corrected chi connectivity index (χ0v) is 16.4. The molecular formula is C23H28FN3O. The molecule has 0 unspecified atom stereocenters. The van der Waals surface area contributed by atoms with Gasteiger partial charge in [-0.1, -0.05) is 31.0 Å². The Morgan fingerprint density at radius 3 is 2.89 bits per heavy atom. The maximum absolute atomic E-state index is 13.9. The van der Waals surface area contributed by atoms with Gasteiger partial charge < -0.3 is 9.80 Å². The van der Waals surface area contributed by atoms with E-state index in [1.165, 1.54) is 12.5 Å². The van der Waals surface area contributed by atoms with Gasteiger partial charge in [-0.3, -0.25) is 9.78 Å². The van der Waals surface area contributed by atoms with Crippen molar-refractivity contribution < 1.29 is 9.18 Å². The third kappa shape index (κ3) is 3.95. The summed E-state index contributed by atoms with van der Waals surface area (Å²) in [5, 5.41) is 0. The topological polar surface area (TPSA) is 36.4 Å². The predicted molar refractivity (Wildman–Crippen MR) is 107 cm³/mol. The molecule has 2 saturated heterocycles. The molecule has 1 aromatic carbocycles. The Hall–Kier alpha value is -2.27. The number of carbonyl (C=O) groups excluding carboxylic acids is 1. The number of rotatable bonds is 3. The van der Waals surface area contributed by atoms with E-state index >= 15 is 0 Å². The lowest BCUT2D eigenvalue weighted by Crippen LogP contribution is -2.50. The molecule has 5 heteroatoms. The molecule has 3 heterocycles. The van der Waals surface area contributed by atoms with E-state index in [0.29, 0.717) is 12.5 Å². The Morgan fingerprint density at radius 1 is 1.21 bits per heavy atom. The summed E-state index contributed by atoms with van der Waals surface area (Å²) >= 11 is 0. The van der Waals surface area contributed by atoms with Gasteiger partial charge in [-0.2, -0.15) is 0 Å². The van der Waals surface area contributed by atoms with Gasteiger partial charge in [0.25, 0.3) is 0 Å². The van der Waals surface area contributed by atoms with Crippen LogP contribution in [0.4, 0.5) is 4.39 Å². The smallest absolute Gasteiger partial charge is 0.227 e. The average Bonchev–Trinajstić information content (AvgIpc) is 2.98. The molecule has 4 rings (SSSR count). The van der Waals surface area contributed by atoms with Crippen molar-refractivity contribution in [2.75, 3.05) is 20.1 Å². The first-order valence-electron chi connectivity index (χ1n) is 10.3. The number of aromatic nitrogens is 1. The van der Waals surface area contributed by atoms with Crippen molar-refractivity contribution in [2.24, 2.45) is 0 Å². The number of fused-ring (bicyclic) bond motifs is 1. The Morgan fingerprint density at radius 2 is 2.11 bits per heavy atom. The lowest BCUT2D eigenvalue weighted by atomic mass is 9.86. The molecule has 2 aromatic rings. The third-order valence-corrected chi connectivity index (χ3v) is 6.29. The monoisotopic (exact) mass is 381 g/mol. The summed E-state index contributed by atoms with van der Waals surface area (Å²) in [7, 11) is 2.14. The zero-order valence-electron chi connectivity index (χ0n) is 16.4. The second kappa shape index (κ2) is 8.39. The molecular weight excluding hydrogens is 353 g/mol. The number of likely N-dealkylation sites (tertiary alicyclic amines) is 2. The largest absolute Gasteiger partial charge is 0.337 e. The Balaban J connectivity index is 1.65. The van der Waals surface area contributed by atoms with Gasteiger partial charge in [-0.25, -0.2) is 4.39 Å². The standard InChI is InChI=1S/C23H28FN3O/c1-26-16-20(18-8-5-9-19(24)14-18)23-21(26)10-3-2-4-12-27(23)22(28)13-17-7-6-11-25-15-17/h5-9,11,14-15,20-21,23H,2-4,10,12-13,16H2,1H3/t20-,21+,23-/m0/s1. The van der Waals surface area contributed by atoms with Crippen molar-refractivity contribution in [3.05, 3.63) is 65.7 Å². The van der Waals surface area contributed by atoms with Crippen LogP contribution in [-0.4, -0.2) is 52.9 Å². The molecule has 0 spiro atoms. The van der Waals surface area contributed by atoms with Crippen LogP contribution in [0.2, 0.25) is 0 Å². The van der Waals surface area contributed by atoms with E-state index < -0.39 is 0 Å². The highest BCUT2D eigenvalue weighted by molar-refractivity contribution is 5.79. The van der Waals surface area contributed by atoms with Gasteiger partial charge in [0.05, 0.1) is 12.5 Å². The number of benzene rings is 1. The molecule has 2 aliphatic rings. The lowest BCUT2D eigenvalue weighted by Gasteiger charge is -2.39. The van der Waals surface area contributed by atoms with Crippen LogP contribution >= 0.6 is 0 Å². The maximum atomic E-state index is 13.9. The molecule has 0 saturated carbocycles. The van der Waals surface area contributed by atoms with Crippen molar-refractivity contribution in [1.82, 2.24) is 14.8 Å². The molecule has 1 amide bonds. The van der Waals surface area contributed by atoms with E-state index in [4.69, 9.17) is 0 Å². The highest BCUT2D eigenvalue weighted by Gasteiger charge is 2.45. The first kappa shape index (κ1) is 19.1. The molecule has 3 atom stereocenters. The Labute approximate surface area is 166 Å². The van der Waals surface area contributed by atoms with Crippen molar-refractivity contribution >= 4 is 5.91 Å². The summed E-state index contributed by atoms with van der Waals surface area (Å²) in [6.45, 7) is 1.63. The molecule has 148 valence electrons. The molecule has 0 N–H and O–H groups in total. The fourth-order valence-corrected chi connectivity index (χ4v) is 4.97. The quantitative estimate of drug-likeness (QED) is 0.815. The number of hydrogen-bond donors (Lipinski definition) is 0. The van der Waals surface area contributed by atoms with Crippen LogP contribution in [-0.2, 0) is 11.2 Å². The number of nitrogens with zero attached hydrogens (tertiary/aromatic N) is 3. The predicted octanol–water partition coefficient (Wildman–Crippen LogP) is 3.63. The average molecular weight is 381 g/mol. The number of halogens is 1. The van der Waals surface area contributed by atoms with Gasteiger partial charge in [-0.05, 0) is 49.2 Å². The summed E-state index contributed by atoms with van der Waals surface area (Å²) in [6, 6.07) is 11.2. The van der Waals surface area contributed by atoms with Gasteiger partial charge in [0.15, 0.2) is 0 Å². The van der Waals surface area contributed by atoms with E-state index in [1.807, 2.05) is 18.2 Å². The van der Waals surface area contributed by atoms with Crippen molar-refractivity contribution in [2.45, 2.75) is 50.1 Å². The van der Waals surface area contributed by atoms with Crippen LogP contribution in [0.25, 0.3) is 0 Å². The fraction of sp³-hybridized carbons (Fsp3) is 0.478. The maximum Gasteiger partial charge on any atom is 0.227 e. The van der Waals surface area contributed by atoms with Crippen LogP contribution in [0.3, 0.4) is 0 Å². The van der Waals surface area contributed by atoms with E-state index in [-0.39, 0.29) is 23.7 Å². The van der Waals surface area contributed by atoms with E-state index in [1.54, 1.807) is 24.5 Å². The van der Waals surface area contributed by atoms with Gasteiger partial charge in [0.1, 0.15) is 5.82 Å². The molecule has 1 aromatic heterocycles. The number of carbonyl (C=O) groups is 1. The molecule has 4 nitrogen and oxygen atoms in total. The van der Waals surface area contributed by atoms with Gasteiger partial charge in [-0.15, -0.1) is 0 Å². The van der Waals surface area contributed by atoms with Gasteiger partial charge in [0.2, 0.25) is 5.91 Å². The van der Waals surface area contributed by atoms with Crippen LogP contribution in [0, 0.1) is 5.82 Å². The minimum atomic E-state index is -0.206. The van der Waals surface area contributed by atoms with Gasteiger partial charge in [0, 0.05) is 37.4 Å². The molecule has 0 radical (unpaired) electrons.